The number of hydrogen-bond donors (Lipinski definition) is 0. The first-order valence-electron chi connectivity index (χ1n) is 13.4. The van der Waals surface area contributed by atoms with Crippen molar-refractivity contribution in [3.63, 3.8) is 0 Å². The summed E-state index contributed by atoms with van der Waals surface area (Å²) < 4.78 is 50.2. The molecule has 2 amide bonds. The molecule has 2 aromatic rings. The lowest BCUT2D eigenvalue weighted by Gasteiger charge is -2.37. The van der Waals surface area contributed by atoms with E-state index in [1.54, 1.807) is 32.6 Å². The minimum atomic E-state index is -4.49. The van der Waals surface area contributed by atoms with E-state index in [9.17, 15) is 27.6 Å². The standard InChI is InChI=1S/C30H37F3N2O5/c1-5-39-27(37)25(19-21-9-7-6-8-10-21)35(20-22-11-13-24(14-12-22)30(31,32)33)26(36)23-15-17-34(18-16-23)28(38)40-29(2,3)4/h6-14,23,25H,5,15-20H2,1-4H3. The van der Waals surface area contributed by atoms with E-state index in [0.29, 0.717) is 31.5 Å². The summed E-state index contributed by atoms with van der Waals surface area (Å²) in [7, 11) is 0. The maximum Gasteiger partial charge on any atom is 0.416 e. The second-order valence-electron chi connectivity index (χ2n) is 10.9. The Bertz CT molecular complexity index is 1140. The Hall–Kier alpha value is -3.56. The molecule has 1 heterocycles. The summed E-state index contributed by atoms with van der Waals surface area (Å²) in [6, 6.07) is 12.8. The SMILES string of the molecule is CCOC(=O)C(Cc1ccccc1)N(Cc1ccc(C(F)(F)F)cc1)C(=O)C1CCN(C(=O)OC(C)(C)C)CC1. The first-order valence-corrected chi connectivity index (χ1v) is 13.4. The molecule has 218 valence electrons. The van der Waals surface area contributed by atoms with Gasteiger partial charge in [0.05, 0.1) is 12.2 Å². The Labute approximate surface area is 233 Å². The minimum Gasteiger partial charge on any atom is -0.464 e. The molecule has 1 aliphatic rings. The first-order chi connectivity index (χ1) is 18.8. The number of benzene rings is 2. The van der Waals surface area contributed by atoms with Crippen LogP contribution in [0.15, 0.2) is 54.6 Å². The highest BCUT2D eigenvalue weighted by molar-refractivity contribution is 5.86. The number of hydrogen-bond acceptors (Lipinski definition) is 5. The van der Waals surface area contributed by atoms with Gasteiger partial charge in [-0.1, -0.05) is 42.5 Å². The Morgan fingerprint density at radius 3 is 2.08 bits per heavy atom. The quantitative estimate of drug-likeness (QED) is 0.377. The molecule has 0 spiro atoms. The zero-order valence-corrected chi connectivity index (χ0v) is 23.4. The van der Waals surface area contributed by atoms with Crippen molar-refractivity contribution in [3.05, 3.63) is 71.3 Å². The van der Waals surface area contributed by atoms with Crippen LogP contribution in [0.3, 0.4) is 0 Å². The maximum absolute atomic E-state index is 14.0. The van der Waals surface area contributed by atoms with Gasteiger partial charge >= 0.3 is 18.2 Å². The Kier molecular flexibility index (Phi) is 10.2. The van der Waals surface area contributed by atoms with E-state index in [0.717, 1.165) is 17.7 Å². The van der Waals surface area contributed by atoms with Gasteiger partial charge in [-0.2, -0.15) is 13.2 Å². The van der Waals surface area contributed by atoms with Gasteiger partial charge in [-0.05, 0) is 63.8 Å². The van der Waals surface area contributed by atoms with Crippen molar-refractivity contribution >= 4 is 18.0 Å². The lowest BCUT2D eigenvalue weighted by Crippen LogP contribution is -2.51. The molecule has 0 N–H and O–H groups in total. The van der Waals surface area contributed by atoms with E-state index in [1.165, 1.54) is 17.0 Å². The molecule has 0 aliphatic carbocycles. The van der Waals surface area contributed by atoms with Gasteiger partial charge in [-0.25, -0.2) is 9.59 Å². The highest BCUT2D eigenvalue weighted by Gasteiger charge is 2.38. The summed E-state index contributed by atoms with van der Waals surface area (Å²) in [6.07, 6.45) is -4.03. The van der Waals surface area contributed by atoms with Crippen LogP contribution < -0.4 is 0 Å². The lowest BCUT2D eigenvalue weighted by atomic mass is 9.93. The van der Waals surface area contributed by atoms with Crippen molar-refractivity contribution in [1.29, 1.82) is 0 Å². The van der Waals surface area contributed by atoms with E-state index in [1.807, 2.05) is 30.3 Å². The molecule has 0 saturated carbocycles. The number of nitrogens with zero attached hydrogens (tertiary/aromatic N) is 2. The number of alkyl halides is 3. The van der Waals surface area contributed by atoms with Gasteiger partial charge in [-0.3, -0.25) is 4.79 Å². The van der Waals surface area contributed by atoms with E-state index >= 15 is 0 Å². The van der Waals surface area contributed by atoms with Gasteiger partial charge < -0.3 is 19.3 Å². The zero-order valence-electron chi connectivity index (χ0n) is 23.4. The summed E-state index contributed by atoms with van der Waals surface area (Å²) in [5, 5.41) is 0. The van der Waals surface area contributed by atoms with Crippen LogP contribution in [0.2, 0.25) is 0 Å². The van der Waals surface area contributed by atoms with Crippen molar-refractivity contribution in [1.82, 2.24) is 9.80 Å². The van der Waals surface area contributed by atoms with Crippen molar-refractivity contribution in [2.45, 2.75) is 71.3 Å². The molecule has 10 heteroatoms. The van der Waals surface area contributed by atoms with E-state index < -0.39 is 41.4 Å². The number of halogens is 3. The Morgan fingerprint density at radius 2 is 1.55 bits per heavy atom. The number of ether oxygens (including phenoxy) is 2. The van der Waals surface area contributed by atoms with Crippen molar-refractivity contribution in [3.8, 4) is 0 Å². The lowest BCUT2D eigenvalue weighted by molar-refractivity contribution is -0.157. The third-order valence-corrected chi connectivity index (χ3v) is 6.62. The predicted molar refractivity (Wildman–Crippen MR) is 143 cm³/mol. The molecule has 1 atom stereocenters. The minimum absolute atomic E-state index is 0.0699. The average Bonchev–Trinajstić information content (AvgIpc) is 2.90. The third-order valence-electron chi connectivity index (χ3n) is 6.62. The van der Waals surface area contributed by atoms with Gasteiger partial charge in [0.25, 0.3) is 0 Å². The molecule has 0 bridgehead atoms. The number of likely N-dealkylation sites (tertiary alicyclic amines) is 1. The molecule has 0 aromatic heterocycles. The molecule has 2 aromatic carbocycles. The highest BCUT2D eigenvalue weighted by atomic mass is 19.4. The normalized spacial score (nSPS) is 15.3. The number of piperidine rings is 1. The van der Waals surface area contributed by atoms with Crippen LogP contribution in [0.1, 0.15) is 57.2 Å². The highest BCUT2D eigenvalue weighted by Crippen LogP contribution is 2.30. The van der Waals surface area contributed by atoms with Crippen LogP contribution in [-0.4, -0.2) is 59.1 Å². The summed E-state index contributed by atoms with van der Waals surface area (Å²) in [5.41, 5.74) is -0.178. The molecule has 7 nitrogen and oxygen atoms in total. The van der Waals surface area contributed by atoms with Crippen LogP contribution in [0.25, 0.3) is 0 Å². The average molecular weight is 563 g/mol. The largest absolute Gasteiger partial charge is 0.464 e. The van der Waals surface area contributed by atoms with Gasteiger partial charge in [-0.15, -0.1) is 0 Å². The smallest absolute Gasteiger partial charge is 0.416 e. The fraction of sp³-hybridized carbons (Fsp3) is 0.500. The number of esters is 1. The zero-order chi connectivity index (χ0) is 29.5. The molecular formula is C30H37F3N2O5. The van der Waals surface area contributed by atoms with Gasteiger partial charge in [0.2, 0.25) is 5.91 Å². The molecule has 3 rings (SSSR count). The predicted octanol–water partition coefficient (Wildman–Crippen LogP) is 5.86. The molecule has 0 radical (unpaired) electrons. The number of carbonyl (C=O) groups is 3. The van der Waals surface area contributed by atoms with E-state index in [2.05, 4.69) is 0 Å². The topological polar surface area (TPSA) is 76.2 Å². The van der Waals surface area contributed by atoms with Crippen molar-refractivity contribution in [2.24, 2.45) is 5.92 Å². The Balaban J connectivity index is 1.87. The fourth-order valence-corrected chi connectivity index (χ4v) is 4.60. The van der Waals surface area contributed by atoms with Crippen molar-refractivity contribution < 1.29 is 37.0 Å². The molecule has 1 fully saturated rings. The van der Waals surface area contributed by atoms with Crippen molar-refractivity contribution in [2.75, 3.05) is 19.7 Å². The fourth-order valence-electron chi connectivity index (χ4n) is 4.60. The van der Waals surface area contributed by atoms with E-state index in [-0.39, 0.29) is 25.5 Å². The van der Waals surface area contributed by atoms with Crippen LogP contribution in [-0.2, 0) is 38.2 Å². The summed E-state index contributed by atoms with van der Waals surface area (Å²) in [5.74, 6) is -1.38. The molecule has 40 heavy (non-hydrogen) atoms. The van der Waals surface area contributed by atoms with Crippen LogP contribution in [0.4, 0.5) is 18.0 Å². The Morgan fingerprint density at radius 1 is 0.950 bits per heavy atom. The maximum atomic E-state index is 14.0. The summed E-state index contributed by atoms with van der Waals surface area (Å²) in [6.45, 7) is 7.67. The molecular weight excluding hydrogens is 525 g/mol. The molecule has 1 aliphatic heterocycles. The number of carbonyl (C=O) groups excluding carboxylic acids is 3. The van der Waals surface area contributed by atoms with Gasteiger partial charge in [0.15, 0.2) is 0 Å². The number of amides is 2. The molecule has 1 saturated heterocycles. The van der Waals surface area contributed by atoms with E-state index in [4.69, 9.17) is 9.47 Å². The second kappa shape index (κ2) is 13.2. The monoisotopic (exact) mass is 562 g/mol. The second-order valence-corrected chi connectivity index (χ2v) is 10.9. The first kappa shape index (κ1) is 31.0. The summed E-state index contributed by atoms with van der Waals surface area (Å²) in [4.78, 5) is 42.6. The number of rotatable bonds is 8. The molecule has 1 unspecified atom stereocenters. The van der Waals surface area contributed by atoms with Crippen LogP contribution in [0, 0.1) is 5.92 Å². The third kappa shape index (κ3) is 8.72. The summed E-state index contributed by atoms with van der Waals surface area (Å²) >= 11 is 0. The van der Waals surface area contributed by atoms with Gasteiger partial charge in [0.1, 0.15) is 11.6 Å². The van der Waals surface area contributed by atoms with Gasteiger partial charge in [0, 0.05) is 32.0 Å². The van der Waals surface area contributed by atoms with Crippen LogP contribution >= 0.6 is 0 Å². The van der Waals surface area contributed by atoms with Crippen LogP contribution in [0.5, 0.6) is 0 Å².